The van der Waals surface area contributed by atoms with Crippen molar-refractivity contribution in [2.75, 3.05) is 44.1 Å². The average Bonchev–Trinajstić information content (AvgIpc) is 3.29. The number of anilines is 2. The van der Waals surface area contributed by atoms with Crippen LogP contribution in [0.3, 0.4) is 0 Å². The second-order valence-corrected chi connectivity index (χ2v) is 8.04. The van der Waals surface area contributed by atoms with E-state index in [1.54, 1.807) is 55.5 Å². The number of rotatable bonds is 6. The normalized spacial score (nSPS) is 13.8. The molecule has 1 fully saturated rings. The Balaban J connectivity index is 1.44. The smallest absolute Gasteiger partial charge is 0.325 e. The maximum Gasteiger partial charge on any atom is 0.325 e. The minimum absolute atomic E-state index is 0.0711. The molecular weight excluding hydrogens is 428 g/mol. The standard InChI is InChI=1S/C20H19ClN4O4S/c1-28-13-4-6-16(29-2)15(10-13)25-8-7-24(20(25)27)11-18(26)23-19-22-14-5-3-12(21)9-17(14)30-19/h3-6,9-10H,7-8,11H2,1-2H3,(H,22,23,26). The van der Waals surface area contributed by atoms with Gasteiger partial charge in [-0.1, -0.05) is 22.9 Å². The predicted octanol–water partition coefficient (Wildman–Crippen LogP) is 3.85. The number of fused-ring (bicyclic) bond motifs is 1. The van der Waals surface area contributed by atoms with E-state index in [1.165, 1.54) is 16.2 Å². The van der Waals surface area contributed by atoms with E-state index in [-0.39, 0.29) is 18.5 Å². The van der Waals surface area contributed by atoms with Crippen molar-refractivity contribution in [2.24, 2.45) is 0 Å². The lowest BCUT2D eigenvalue weighted by Crippen LogP contribution is -2.37. The van der Waals surface area contributed by atoms with Crippen molar-refractivity contribution in [3.05, 3.63) is 41.4 Å². The monoisotopic (exact) mass is 446 g/mol. The summed E-state index contributed by atoms with van der Waals surface area (Å²) in [5.74, 6) is 0.863. The number of hydrogen-bond acceptors (Lipinski definition) is 6. The number of methoxy groups -OCH3 is 2. The van der Waals surface area contributed by atoms with E-state index >= 15 is 0 Å². The first kappa shape index (κ1) is 20.2. The van der Waals surface area contributed by atoms with Gasteiger partial charge in [-0.15, -0.1) is 0 Å². The van der Waals surface area contributed by atoms with Crippen LogP contribution < -0.4 is 19.7 Å². The van der Waals surface area contributed by atoms with Gasteiger partial charge in [0.1, 0.15) is 18.0 Å². The van der Waals surface area contributed by atoms with Gasteiger partial charge in [0.25, 0.3) is 0 Å². The molecule has 30 heavy (non-hydrogen) atoms. The lowest BCUT2D eigenvalue weighted by atomic mass is 10.2. The number of nitrogens with zero attached hydrogens (tertiary/aromatic N) is 3. The van der Waals surface area contributed by atoms with Gasteiger partial charge in [-0.2, -0.15) is 0 Å². The van der Waals surface area contributed by atoms with Gasteiger partial charge < -0.3 is 19.7 Å². The summed E-state index contributed by atoms with van der Waals surface area (Å²) >= 11 is 7.33. The van der Waals surface area contributed by atoms with Crippen molar-refractivity contribution in [3.8, 4) is 11.5 Å². The van der Waals surface area contributed by atoms with Crippen LogP contribution in [0, 0.1) is 0 Å². The number of thiazole rings is 1. The van der Waals surface area contributed by atoms with Crippen LogP contribution in [0.4, 0.5) is 15.6 Å². The number of nitrogens with one attached hydrogen (secondary N) is 1. The SMILES string of the molecule is COc1ccc(OC)c(N2CCN(CC(=O)Nc3nc4ccc(Cl)cc4s3)C2=O)c1. The predicted molar refractivity (Wildman–Crippen MR) is 117 cm³/mol. The molecule has 8 nitrogen and oxygen atoms in total. The second-order valence-electron chi connectivity index (χ2n) is 6.57. The summed E-state index contributed by atoms with van der Waals surface area (Å²) in [5, 5.41) is 3.84. The molecule has 0 unspecified atom stereocenters. The lowest BCUT2D eigenvalue weighted by Gasteiger charge is -2.20. The van der Waals surface area contributed by atoms with Gasteiger partial charge in [0.05, 0.1) is 30.1 Å². The number of carbonyl (C=O) groups is 2. The number of ether oxygens (including phenoxy) is 2. The molecule has 1 aliphatic rings. The van der Waals surface area contributed by atoms with E-state index < -0.39 is 0 Å². The van der Waals surface area contributed by atoms with Crippen LogP contribution in [0.2, 0.25) is 5.02 Å². The molecule has 0 aliphatic carbocycles. The zero-order valence-electron chi connectivity index (χ0n) is 16.3. The van der Waals surface area contributed by atoms with Crippen molar-refractivity contribution in [1.29, 1.82) is 0 Å². The van der Waals surface area contributed by atoms with Crippen LogP contribution in [0.1, 0.15) is 0 Å². The van der Waals surface area contributed by atoms with E-state index in [2.05, 4.69) is 10.3 Å². The molecule has 1 aliphatic heterocycles. The first-order chi connectivity index (χ1) is 14.5. The van der Waals surface area contributed by atoms with Crippen LogP contribution >= 0.6 is 22.9 Å². The molecule has 10 heteroatoms. The topological polar surface area (TPSA) is 84.0 Å². The Morgan fingerprint density at radius 3 is 2.80 bits per heavy atom. The molecule has 156 valence electrons. The molecule has 3 amide bonds. The molecule has 0 saturated carbocycles. The van der Waals surface area contributed by atoms with Crippen LogP contribution in [-0.4, -0.2) is 55.7 Å². The van der Waals surface area contributed by atoms with Crippen LogP contribution in [-0.2, 0) is 4.79 Å². The van der Waals surface area contributed by atoms with Crippen LogP contribution in [0.25, 0.3) is 10.2 Å². The molecule has 3 aromatic rings. The Kier molecular flexibility index (Phi) is 5.65. The molecule has 2 aromatic carbocycles. The highest BCUT2D eigenvalue weighted by Crippen LogP contribution is 2.34. The van der Waals surface area contributed by atoms with E-state index in [1.807, 2.05) is 0 Å². The summed E-state index contributed by atoms with van der Waals surface area (Å²) in [5.41, 5.74) is 1.36. The number of benzene rings is 2. The van der Waals surface area contributed by atoms with Crippen molar-refractivity contribution in [2.45, 2.75) is 0 Å². The van der Waals surface area contributed by atoms with Crippen LogP contribution in [0.15, 0.2) is 36.4 Å². The van der Waals surface area contributed by atoms with Gasteiger partial charge in [-0.25, -0.2) is 9.78 Å². The molecule has 0 bridgehead atoms. The van der Waals surface area contributed by atoms with Gasteiger partial charge in [-0.05, 0) is 30.3 Å². The Labute approximate surface area is 182 Å². The van der Waals surface area contributed by atoms with Gasteiger partial charge in [0, 0.05) is 24.2 Å². The quantitative estimate of drug-likeness (QED) is 0.621. The van der Waals surface area contributed by atoms with Crippen molar-refractivity contribution >= 4 is 55.9 Å². The molecule has 1 saturated heterocycles. The summed E-state index contributed by atoms with van der Waals surface area (Å²) in [6, 6.07) is 10.3. The fourth-order valence-electron chi connectivity index (χ4n) is 3.24. The Bertz CT molecular complexity index is 1120. The van der Waals surface area contributed by atoms with Gasteiger partial charge in [0.15, 0.2) is 5.13 Å². The fraction of sp³-hybridized carbons (Fsp3) is 0.250. The highest BCUT2D eigenvalue weighted by atomic mass is 35.5. The molecule has 0 atom stereocenters. The molecule has 1 N–H and O–H groups in total. The summed E-state index contributed by atoms with van der Waals surface area (Å²) in [6.07, 6.45) is 0. The van der Waals surface area contributed by atoms with E-state index in [9.17, 15) is 9.59 Å². The highest BCUT2D eigenvalue weighted by Gasteiger charge is 2.32. The first-order valence-corrected chi connectivity index (χ1v) is 10.3. The Morgan fingerprint density at radius 2 is 2.03 bits per heavy atom. The number of carbonyl (C=O) groups excluding carboxylic acids is 2. The highest BCUT2D eigenvalue weighted by molar-refractivity contribution is 7.22. The van der Waals surface area contributed by atoms with E-state index in [0.29, 0.717) is 40.4 Å². The number of urea groups is 1. The molecular formula is C20H19ClN4O4S. The number of halogens is 1. The Morgan fingerprint density at radius 1 is 1.20 bits per heavy atom. The third-order valence-electron chi connectivity index (χ3n) is 4.70. The van der Waals surface area contributed by atoms with Crippen LogP contribution in [0.5, 0.6) is 11.5 Å². The Hall–Kier alpha value is -3.04. The largest absolute Gasteiger partial charge is 0.497 e. The van der Waals surface area contributed by atoms with Crippen molar-refractivity contribution in [3.63, 3.8) is 0 Å². The molecule has 1 aromatic heterocycles. The second kappa shape index (κ2) is 8.37. The van der Waals surface area contributed by atoms with Gasteiger partial charge in [-0.3, -0.25) is 9.69 Å². The molecule has 0 spiro atoms. The summed E-state index contributed by atoms with van der Waals surface area (Å²) in [4.78, 5) is 32.8. The van der Waals surface area contributed by atoms with Crippen molar-refractivity contribution < 1.29 is 19.1 Å². The zero-order valence-corrected chi connectivity index (χ0v) is 17.9. The summed E-state index contributed by atoms with van der Waals surface area (Å²) in [7, 11) is 3.10. The van der Waals surface area contributed by atoms with Gasteiger partial charge in [0.2, 0.25) is 5.91 Å². The number of hydrogen-bond donors (Lipinski definition) is 1. The number of aromatic nitrogens is 1. The van der Waals surface area contributed by atoms with Crippen molar-refractivity contribution in [1.82, 2.24) is 9.88 Å². The lowest BCUT2D eigenvalue weighted by molar-refractivity contribution is -0.116. The van der Waals surface area contributed by atoms with E-state index in [4.69, 9.17) is 21.1 Å². The van der Waals surface area contributed by atoms with E-state index in [0.717, 1.165) is 10.2 Å². The summed E-state index contributed by atoms with van der Waals surface area (Å²) in [6.45, 7) is 0.787. The van der Waals surface area contributed by atoms with Gasteiger partial charge >= 0.3 is 6.03 Å². The molecule has 0 radical (unpaired) electrons. The summed E-state index contributed by atoms with van der Waals surface area (Å²) < 4.78 is 11.5. The maximum atomic E-state index is 12.9. The third kappa shape index (κ3) is 3.99. The minimum atomic E-state index is -0.312. The zero-order chi connectivity index (χ0) is 21.3. The molecule has 2 heterocycles. The third-order valence-corrected chi connectivity index (χ3v) is 5.87. The fourth-order valence-corrected chi connectivity index (χ4v) is 4.40. The average molecular weight is 447 g/mol. The minimum Gasteiger partial charge on any atom is -0.497 e. The first-order valence-electron chi connectivity index (χ1n) is 9.13. The maximum absolute atomic E-state index is 12.9. The number of amides is 3. The molecule has 4 rings (SSSR count).